The minimum atomic E-state index is 0.257. The molecule has 0 saturated carbocycles. The molecule has 22 heavy (non-hydrogen) atoms. The van der Waals surface area contributed by atoms with Gasteiger partial charge in [-0.05, 0) is 44.0 Å². The average molecular weight is 298 g/mol. The van der Waals surface area contributed by atoms with Gasteiger partial charge < -0.3 is 14.5 Å². The van der Waals surface area contributed by atoms with E-state index in [1.165, 1.54) is 0 Å². The molecule has 1 aromatic heterocycles. The van der Waals surface area contributed by atoms with Crippen LogP contribution >= 0.6 is 0 Å². The van der Waals surface area contributed by atoms with E-state index in [1.807, 2.05) is 0 Å². The Balaban J connectivity index is 1.59. The van der Waals surface area contributed by atoms with Crippen molar-refractivity contribution in [2.24, 2.45) is 0 Å². The molecule has 6 nitrogen and oxygen atoms in total. The first kappa shape index (κ1) is 14.7. The van der Waals surface area contributed by atoms with Crippen LogP contribution in [0.1, 0.15) is 31.2 Å². The highest BCUT2D eigenvalue weighted by Gasteiger charge is 2.22. The van der Waals surface area contributed by atoms with E-state index in [9.17, 15) is 0 Å². The Hall–Kier alpha value is -2.23. The zero-order valence-corrected chi connectivity index (χ0v) is 12.5. The molecule has 0 amide bonds. The van der Waals surface area contributed by atoms with E-state index in [-0.39, 0.29) is 12.1 Å². The molecule has 1 N–H and O–H groups in total. The number of ether oxygens (including phenoxy) is 1. The molecule has 0 aliphatic carbocycles. The molecule has 114 valence electrons. The summed E-state index contributed by atoms with van der Waals surface area (Å²) < 4.78 is 11.3. The molecule has 3 rings (SSSR count). The largest absolute Gasteiger partial charge is 0.419 e. The quantitative estimate of drug-likeness (QED) is 0.911. The van der Waals surface area contributed by atoms with Crippen LogP contribution in [-0.4, -0.2) is 29.0 Å². The predicted molar refractivity (Wildman–Crippen MR) is 79.7 cm³/mol. The second-order valence-electron chi connectivity index (χ2n) is 5.41. The SMILES string of the molecule is C[C@@H](NCc1nnc(-c2ccc(C#N)cc2)o1)[C@@H]1CCCO1. The molecule has 0 spiro atoms. The molecule has 0 radical (unpaired) electrons. The van der Waals surface area contributed by atoms with Crippen LogP contribution in [0.3, 0.4) is 0 Å². The highest BCUT2D eigenvalue weighted by atomic mass is 16.5. The van der Waals surface area contributed by atoms with Gasteiger partial charge in [0.25, 0.3) is 0 Å². The van der Waals surface area contributed by atoms with Gasteiger partial charge >= 0.3 is 0 Å². The normalized spacial score (nSPS) is 19.0. The Morgan fingerprint density at radius 2 is 2.18 bits per heavy atom. The lowest BCUT2D eigenvalue weighted by molar-refractivity contribution is 0.0824. The number of benzene rings is 1. The van der Waals surface area contributed by atoms with E-state index < -0.39 is 0 Å². The third-order valence-electron chi connectivity index (χ3n) is 3.83. The topological polar surface area (TPSA) is 84.0 Å². The second-order valence-corrected chi connectivity index (χ2v) is 5.41. The van der Waals surface area contributed by atoms with E-state index in [2.05, 4.69) is 28.5 Å². The standard InChI is InChI=1S/C16H18N4O2/c1-11(14-3-2-8-21-14)18-10-15-19-20-16(22-15)13-6-4-12(9-17)5-7-13/h4-7,11,14,18H,2-3,8,10H2,1H3/t11-,14+/m1/s1. The highest BCUT2D eigenvalue weighted by molar-refractivity contribution is 5.54. The van der Waals surface area contributed by atoms with Crippen molar-refractivity contribution in [2.75, 3.05) is 6.61 Å². The summed E-state index contributed by atoms with van der Waals surface area (Å²) in [4.78, 5) is 0. The Morgan fingerprint density at radius 3 is 2.86 bits per heavy atom. The zero-order chi connectivity index (χ0) is 15.4. The van der Waals surface area contributed by atoms with Gasteiger partial charge in [-0.3, -0.25) is 0 Å². The minimum absolute atomic E-state index is 0.257. The molecule has 2 aromatic rings. The molecule has 1 saturated heterocycles. The maximum Gasteiger partial charge on any atom is 0.247 e. The van der Waals surface area contributed by atoms with Crippen molar-refractivity contribution >= 4 is 0 Å². The van der Waals surface area contributed by atoms with Crippen molar-refractivity contribution in [1.29, 1.82) is 5.26 Å². The van der Waals surface area contributed by atoms with Gasteiger partial charge in [-0.1, -0.05) is 0 Å². The van der Waals surface area contributed by atoms with Crippen LogP contribution in [0.5, 0.6) is 0 Å². The van der Waals surface area contributed by atoms with Crippen LogP contribution in [-0.2, 0) is 11.3 Å². The van der Waals surface area contributed by atoms with Crippen LogP contribution in [0.25, 0.3) is 11.5 Å². The monoisotopic (exact) mass is 298 g/mol. The summed E-state index contributed by atoms with van der Waals surface area (Å²) in [6, 6.07) is 9.41. The van der Waals surface area contributed by atoms with Crippen LogP contribution in [0.15, 0.2) is 28.7 Å². The molecular weight excluding hydrogens is 280 g/mol. The number of nitriles is 1. The minimum Gasteiger partial charge on any atom is -0.419 e. The maximum atomic E-state index is 8.80. The van der Waals surface area contributed by atoms with Gasteiger partial charge in [0.05, 0.1) is 24.3 Å². The zero-order valence-electron chi connectivity index (χ0n) is 12.5. The van der Waals surface area contributed by atoms with Crippen molar-refractivity contribution in [3.8, 4) is 17.5 Å². The molecule has 6 heteroatoms. The first-order valence-electron chi connectivity index (χ1n) is 7.44. The van der Waals surface area contributed by atoms with Gasteiger partial charge in [0.1, 0.15) is 0 Å². The first-order chi connectivity index (χ1) is 10.8. The highest BCUT2D eigenvalue weighted by Crippen LogP contribution is 2.19. The second kappa shape index (κ2) is 6.69. The summed E-state index contributed by atoms with van der Waals surface area (Å²) in [6.45, 7) is 3.47. The summed E-state index contributed by atoms with van der Waals surface area (Å²) in [7, 11) is 0. The molecule has 2 heterocycles. The van der Waals surface area contributed by atoms with Crippen molar-refractivity contribution < 1.29 is 9.15 Å². The molecule has 1 fully saturated rings. The summed E-state index contributed by atoms with van der Waals surface area (Å²) in [5.74, 6) is 1.01. The van der Waals surface area contributed by atoms with E-state index in [0.717, 1.165) is 25.0 Å². The lowest BCUT2D eigenvalue weighted by atomic mass is 10.1. The maximum absolute atomic E-state index is 8.80. The van der Waals surface area contributed by atoms with Crippen LogP contribution in [0, 0.1) is 11.3 Å². The predicted octanol–water partition coefficient (Wildman–Crippen LogP) is 2.27. The summed E-state index contributed by atoms with van der Waals surface area (Å²) in [5, 5.41) is 20.2. The van der Waals surface area contributed by atoms with Crippen molar-refractivity contribution in [1.82, 2.24) is 15.5 Å². The molecule has 1 aliphatic heterocycles. The fourth-order valence-electron chi connectivity index (χ4n) is 2.51. The number of aromatic nitrogens is 2. The van der Waals surface area contributed by atoms with Gasteiger partial charge in [0, 0.05) is 18.2 Å². The van der Waals surface area contributed by atoms with E-state index in [4.69, 9.17) is 14.4 Å². The smallest absolute Gasteiger partial charge is 0.247 e. The molecule has 1 aromatic carbocycles. The van der Waals surface area contributed by atoms with E-state index in [0.29, 0.717) is 23.9 Å². The van der Waals surface area contributed by atoms with Gasteiger partial charge in [-0.15, -0.1) is 10.2 Å². The van der Waals surface area contributed by atoms with Gasteiger partial charge in [0.2, 0.25) is 11.8 Å². The lowest BCUT2D eigenvalue weighted by Gasteiger charge is -2.18. The molecule has 1 aliphatic rings. The first-order valence-corrected chi connectivity index (χ1v) is 7.44. The van der Waals surface area contributed by atoms with Crippen LogP contribution in [0.4, 0.5) is 0 Å². The average Bonchev–Trinajstić information content (AvgIpc) is 3.24. The van der Waals surface area contributed by atoms with Gasteiger partial charge in [0.15, 0.2) is 0 Å². The summed E-state index contributed by atoms with van der Waals surface area (Å²) in [6.07, 6.45) is 2.48. The van der Waals surface area contributed by atoms with E-state index >= 15 is 0 Å². The fraction of sp³-hybridized carbons (Fsp3) is 0.438. The van der Waals surface area contributed by atoms with Crippen LogP contribution < -0.4 is 5.32 Å². The number of hydrogen-bond acceptors (Lipinski definition) is 6. The molecule has 0 bridgehead atoms. The molecule has 2 atom stereocenters. The Labute approximate surface area is 129 Å². The molecule has 0 unspecified atom stereocenters. The van der Waals surface area contributed by atoms with Crippen molar-refractivity contribution in [3.63, 3.8) is 0 Å². The Bertz CT molecular complexity index is 654. The number of rotatable bonds is 5. The van der Waals surface area contributed by atoms with E-state index in [1.54, 1.807) is 24.3 Å². The third-order valence-corrected chi connectivity index (χ3v) is 3.83. The number of nitrogens with zero attached hydrogens (tertiary/aromatic N) is 3. The summed E-state index contributed by atoms with van der Waals surface area (Å²) >= 11 is 0. The number of nitrogens with one attached hydrogen (secondary N) is 1. The third kappa shape index (κ3) is 3.32. The van der Waals surface area contributed by atoms with Gasteiger partial charge in [-0.2, -0.15) is 5.26 Å². The van der Waals surface area contributed by atoms with Crippen molar-refractivity contribution in [2.45, 2.75) is 38.5 Å². The van der Waals surface area contributed by atoms with Gasteiger partial charge in [-0.25, -0.2) is 0 Å². The Kier molecular flexibility index (Phi) is 4.47. The van der Waals surface area contributed by atoms with Crippen LogP contribution in [0.2, 0.25) is 0 Å². The lowest BCUT2D eigenvalue weighted by Crippen LogP contribution is -2.36. The fourth-order valence-corrected chi connectivity index (χ4v) is 2.51. The number of hydrogen-bond donors (Lipinski definition) is 1. The van der Waals surface area contributed by atoms with Crippen molar-refractivity contribution in [3.05, 3.63) is 35.7 Å². The molecular formula is C16H18N4O2. The summed E-state index contributed by atoms with van der Waals surface area (Å²) in [5.41, 5.74) is 1.42. The Morgan fingerprint density at radius 1 is 1.36 bits per heavy atom.